The molecule has 3 atom stereocenters. The Kier molecular flexibility index (Phi) is 4.81. The zero-order valence-electron chi connectivity index (χ0n) is 15.9. The summed E-state index contributed by atoms with van der Waals surface area (Å²) >= 11 is 0. The molecular weight excluding hydrogens is 366 g/mol. The molecule has 1 aliphatic heterocycles. The zero-order chi connectivity index (χ0) is 20.5. The van der Waals surface area contributed by atoms with E-state index in [1.54, 1.807) is 19.1 Å². The Bertz CT molecular complexity index is 1100. The van der Waals surface area contributed by atoms with E-state index in [1.165, 1.54) is 12.1 Å². The van der Waals surface area contributed by atoms with E-state index in [9.17, 15) is 20.2 Å². The van der Waals surface area contributed by atoms with E-state index in [2.05, 4.69) is 11.1 Å². The fourth-order valence-corrected chi connectivity index (χ4v) is 4.38. The van der Waals surface area contributed by atoms with Gasteiger partial charge in [0.1, 0.15) is 0 Å². The molecule has 0 aromatic heterocycles. The summed E-state index contributed by atoms with van der Waals surface area (Å²) in [5.41, 5.74) is 3.54. The van der Waals surface area contributed by atoms with Crippen LogP contribution in [0.25, 0.3) is 0 Å². The lowest BCUT2D eigenvalue weighted by molar-refractivity contribution is -0.384. The predicted octanol–water partition coefficient (Wildman–Crippen LogP) is 4.69. The van der Waals surface area contributed by atoms with E-state index in [-0.39, 0.29) is 17.4 Å². The second kappa shape index (κ2) is 7.44. The number of carbonyl (C=O) groups excluding carboxylic acids is 1. The van der Waals surface area contributed by atoms with E-state index in [1.807, 2.05) is 30.3 Å². The molecule has 0 fully saturated rings. The number of non-ortho nitro benzene ring substituents is 1. The van der Waals surface area contributed by atoms with Crippen molar-refractivity contribution in [2.75, 3.05) is 0 Å². The lowest BCUT2D eigenvalue weighted by Crippen LogP contribution is -2.32. The Hall–Kier alpha value is -3.59. The van der Waals surface area contributed by atoms with Crippen molar-refractivity contribution in [1.29, 1.82) is 5.26 Å². The number of Topliss-reactive ketones (excluding diaryl/α,β-unsaturated/α-hetero) is 1. The Balaban J connectivity index is 1.81. The van der Waals surface area contributed by atoms with Crippen molar-refractivity contribution in [1.82, 2.24) is 0 Å². The molecule has 2 aromatic carbocycles. The van der Waals surface area contributed by atoms with E-state index in [4.69, 9.17) is 0 Å². The van der Waals surface area contributed by atoms with Crippen molar-refractivity contribution in [2.24, 2.45) is 10.9 Å². The van der Waals surface area contributed by atoms with Gasteiger partial charge in [0.2, 0.25) is 0 Å². The predicted molar refractivity (Wildman–Crippen MR) is 108 cm³/mol. The van der Waals surface area contributed by atoms with Crippen LogP contribution in [0.2, 0.25) is 0 Å². The van der Waals surface area contributed by atoms with Gasteiger partial charge in [-0.1, -0.05) is 42.5 Å². The first-order valence-corrected chi connectivity index (χ1v) is 9.50. The number of benzene rings is 2. The van der Waals surface area contributed by atoms with Gasteiger partial charge in [-0.2, -0.15) is 5.26 Å². The molecule has 0 amide bonds. The highest BCUT2D eigenvalue weighted by atomic mass is 16.6. The first-order chi connectivity index (χ1) is 14.0. The van der Waals surface area contributed by atoms with Gasteiger partial charge in [-0.05, 0) is 30.4 Å². The fraction of sp³-hybridized carbons (Fsp3) is 0.261. The van der Waals surface area contributed by atoms with E-state index >= 15 is 0 Å². The number of hydrogen-bond acceptors (Lipinski definition) is 5. The van der Waals surface area contributed by atoms with Crippen LogP contribution in [-0.2, 0) is 4.79 Å². The first kappa shape index (κ1) is 18.8. The average Bonchev–Trinajstić information content (AvgIpc) is 2.73. The quantitative estimate of drug-likeness (QED) is 0.565. The van der Waals surface area contributed by atoms with Gasteiger partial charge < -0.3 is 0 Å². The third-order valence-electron chi connectivity index (χ3n) is 5.74. The summed E-state index contributed by atoms with van der Waals surface area (Å²) in [7, 11) is 0. The smallest absolute Gasteiger partial charge is 0.269 e. The standard InChI is InChI=1S/C23H19N3O3/c1-14-19(13-24)22(16-8-5-9-18(10-16)26(28)29)23-20(25-14)11-17(12-21(23)27)15-6-3-2-4-7-15/h2-10,17,19,22H,11-12H2,1H3/t17-,19?,22-/m1/s1. The molecule has 6 heteroatoms. The molecule has 0 spiro atoms. The molecule has 144 valence electrons. The Morgan fingerprint density at radius 3 is 2.52 bits per heavy atom. The van der Waals surface area contributed by atoms with Crippen LogP contribution < -0.4 is 0 Å². The number of ketones is 1. The maximum Gasteiger partial charge on any atom is 0.269 e. The van der Waals surface area contributed by atoms with Crippen molar-refractivity contribution < 1.29 is 9.72 Å². The fourth-order valence-electron chi connectivity index (χ4n) is 4.38. The second-order valence-electron chi connectivity index (χ2n) is 7.49. The zero-order valence-corrected chi connectivity index (χ0v) is 15.9. The second-order valence-corrected chi connectivity index (χ2v) is 7.49. The molecule has 2 aliphatic rings. The molecule has 6 nitrogen and oxygen atoms in total. The highest BCUT2D eigenvalue weighted by molar-refractivity contribution is 6.03. The summed E-state index contributed by atoms with van der Waals surface area (Å²) < 4.78 is 0. The van der Waals surface area contributed by atoms with Gasteiger partial charge in [-0.25, -0.2) is 0 Å². The Labute approximate surface area is 168 Å². The number of rotatable bonds is 3. The monoisotopic (exact) mass is 385 g/mol. The third-order valence-corrected chi connectivity index (χ3v) is 5.74. The molecule has 4 rings (SSSR count). The summed E-state index contributed by atoms with van der Waals surface area (Å²) in [5, 5.41) is 21.0. The highest BCUT2D eigenvalue weighted by Gasteiger charge is 2.41. The third kappa shape index (κ3) is 3.36. The van der Waals surface area contributed by atoms with Gasteiger partial charge in [0.25, 0.3) is 5.69 Å². The number of hydrogen-bond donors (Lipinski definition) is 0. The maximum atomic E-state index is 13.2. The number of allylic oxidation sites excluding steroid dienone is 2. The molecule has 2 aromatic rings. The molecule has 0 N–H and O–H groups in total. The summed E-state index contributed by atoms with van der Waals surface area (Å²) in [6.07, 6.45) is 0.965. The highest BCUT2D eigenvalue weighted by Crippen LogP contribution is 2.46. The molecule has 0 saturated heterocycles. The minimum Gasteiger partial charge on any atom is -0.294 e. The van der Waals surface area contributed by atoms with Crippen LogP contribution in [0, 0.1) is 27.4 Å². The minimum atomic E-state index is -0.618. The van der Waals surface area contributed by atoms with Crippen molar-refractivity contribution in [3.63, 3.8) is 0 Å². The van der Waals surface area contributed by atoms with Crippen molar-refractivity contribution in [3.05, 3.63) is 87.1 Å². The lowest BCUT2D eigenvalue weighted by atomic mass is 9.69. The van der Waals surface area contributed by atoms with E-state index in [0.717, 1.165) is 5.56 Å². The number of nitro benzene ring substituents is 1. The van der Waals surface area contributed by atoms with Gasteiger partial charge in [0, 0.05) is 41.5 Å². The number of aliphatic imine (C=N–C) groups is 1. The van der Waals surface area contributed by atoms with Gasteiger partial charge in [-0.15, -0.1) is 0 Å². The summed E-state index contributed by atoms with van der Waals surface area (Å²) in [6.45, 7) is 1.79. The molecule has 1 unspecified atom stereocenters. The first-order valence-electron chi connectivity index (χ1n) is 9.50. The molecule has 0 saturated carbocycles. The van der Waals surface area contributed by atoms with Crippen LogP contribution in [0.15, 0.2) is 70.9 Å². The van der Waals surface area contributed by atoms with Crippen LogP contribution in [0.1, 0.15) is 42.7 Å². The molecule has 0 radical (unpaired) electrons. The Morgan fingerprint density at radius 2 is 1.83 bits per heavy atom. The van der Waals surface area contributed by atoms with E-state index in [0.29, 0.717) is 35.4 Å². The van der Waals surface area contributed by atoms with Crippen LogP contribution in [0.5, 0.6) is 0 Å². The van der Waals surface area contributed by atoms with E-state index < -0.39 is 16.8 Å². The van der Waals surface area contributed by atoms with Crippen LogP contribution in [0.3, 0.4) is 0 Å². The number of carbonyl (C=O) groups is 1. The van der Waals surface area contributed by atoms with Crippen LogP contribution >= 0.6 is 0 Å². The van der Waals surface area contributed by atoms with Crippen LogP contribution in [0.4, 0.5) is 5.69 Å². The molecule has 0 bridgehead atoms. The van der Waals surface area contributed by atoms with Crippen LogP contribution in [-0.4, -0.2) is 16.4 Å². The number of nitro groups is 1. The van der Waals surface area contributed by atoms with Gasteiger partial charge in [0.05, 0.1) is 16.9 Å². The van der Waals surface area contributed by atoms with Crippen molar-refractivity contribution in [3.8, 4) is 6.07 Å². The number of nitriles is 1. The molecule has 1 aliphatic carbocycles. The molecular formula is C23H19N3O3. The normalized spacial score (nSPS) is 23.8. The minimum absolute atomic E-state index is 0.0342. The molecule has 29 heavy (non-hydrogen) atoms. The largest absolute Gasteiger partial charge is 0.294 e. The average molecular weight is 385 g/mol. The summed E-state index contributed by atoms with van der Waals surface area (Å²) in [4.78, 5) is 28.6. The topological polar surface area (TPSA) is 96.4 Å². The van der Waals surface area contributed by atoms with Gasteiger partial charge >= 0.3 is 0 Å². The maximum absolute atomic E-state index is 13.2. The van der Waals surface area contributed by atoms with Gasteiger partial charge in [-0.3, -0.25) is 19.9 Å². The molecule has 1 heterocycles. The van der Waals surface area contributed by atoms with Crippen molar-refractivity contribution in [2.45, 2.75) is 31.6 Å². The van der Waals surface area contributed by atoms with Gasteiger partial charge in [0.15, 0.2) is 5.78 Å². The van der Waals surface area contributed by atoms with Crippen molar-refractivity contribution >= 4 is 17.2 Å². The lowest BCUT2D eigenvalue weighted by Gasteiger charge is -2.35. The number of nitrogens with zero attached hydrogens (tertiary/aromatic N) is 3. The summed E-state index contributed by atoms with van der Waals surface area (Å²) in [6, 6.07) is 18.4. The summed E-state index contributed by atoms with van der Waals surface area (Å²) in [5.74, 6) is -1.14. The Morgan fingerprint density at radius 1 is 1.10 bits per heavy atom. The SMILES string of the molecule is CC1=NC2=C(C(=O)C[C@H](c3ccccc3)C2)[C@H](c2cccc([N+](=O)[O-])c2)C1C#N.